The van der Waals surface area contributed by atoms with E-state index in [-0.39, 0.29) is 11.5 Å². The Bertz CT molecular complexity index is 813. The van der Waals surface area contributed by atoms with Gasteiger partial charge in [-0.2, -0.15) is 0 Å². The molecule has 1 aliphatic heterocycles. The predicted molar refractivity (Wildman–Crippen MR) is 96.6 cm³/mol. The molecule has 0 radical (unpaired) electrons. The number of methoxy groups -OCH3 is 1. The third-order valence-corrected chi connectivity index (χ3v) is 4.90. The number of carbonyl (C=O) groups is 1. The van der Waals surface area contributed by atoms with E-state index in [1.165, 1.54) is 7.11 Å². The van der Waals surface area contributed by atoms with Crippen LogP contribution in [0.3, 0.4) is 0 Å². The number of benzene rings is 1. The van der Waals surface area contributed by atoms with Gasteiger partial charge in [-0.15, -0.1) is 0 Å². The number of hydrogen-bond acceptors (Lipinski definition) is 4. The van der Waals surface area contributed by atoms with Gasteiger partial charge in [-0.3, -0.25) is 9.69 Å². The van der Waals surface area contributed by atoms with E-state index >= 15 is 0 Å². The summed E-state index contributed by atoms with van der Waals surface area (Å²) in [7, 11) is 3.19. The van der Waals surface area contributed by atoms with E-state index in [1.54, 1.807) is 17.8 Å². The Hall–Kier alpha value is -2.40. The van der Waals surface area contributed by atoms with Gasteiger partial charge >= 0.3 is 5.97 Å². The number of nitrogens with zero attached hydrogens (tertiary/aromatic N) is 2. The molecule has 5 heteroatoms. The van der Waals surface area contributed by atoms with Crippen LogP contribution in [0.1, 0.15) is 27.9 Å². The molecule has 1 aromatic heterocycles. The van der Waals surface area contributed by atoms with Crippen molar-refractivity contribution < 1.29 is 9.53 Å². The summed E-state index contributed by atoms with van der Waals surface area (Å²) in [4.78, 5) is 26.4. The lowest BCUT2D eigenvalue weighted by molar-refractivity contribution is 0.0599. The molecule has 1 aliphatic rings. The first-order valence-electron chi connectivity index (χ1n) is 8.61. The molecule has 2 aromatic rings. The monoisotopic (exact) mass is 340 g/mol. The Balaban J connectivity index is 1.65. The third kappa shape index (κ3) is 3.99. The molecule has 1 atom stereocenters. The number of aryl methyl sites for hydroxylation is 1. The highest BCUT2D eigenvalue weighted by atomic mass is 16.5. The Kier molecular flexibility index (Phi) is 5.34. The maximum atomic E-state index is 12.2. The molecule has 0 spiro atoms. The van der Waals surface area contributed by atoms with Gasteiger partial charge in [0.05, 0.1) is 12.7 Å². The molecule has 1 aromatic carbocycles. The van der Waals surface area contributed by atoms with Gasteiger partial charge in [0.25, 0.3) is 5.56 Å². The van der Waals surface area contributed by atoms with Crippen LogP contribution in [0.4, 0.5) is 0 Å². The largest absolute Gasteiger partial charge is 0.465 e. The molecule has 5 nitrogen and oxygen atoms in total. The van der Waals surface area contributed by atoms with Crippen LogP contribution in [0.25, 0.3) is 0 Å². The average molecular weight is 340 g/mol. The first kappa shape index (κ1) is 17.4. The smallest absolute Gasteiger partial charge is 0.338 e. The first-order chi connectivity index (χ1) is 12.1. The van der Waals surface area contributed by atoms with Gasteiger partial charge in [0.15, 0.2) is 0 Å². The van der Waals surface area contributed by atoms with Crippen LogP contribution < -0.4 is 5.56 Å². The zero-order valence-electron chi connectivity index (χ0n) is 14.8. The van der Waals surface area contributed by atoms with Gasteiger partial charge in [-0.25, -0.2) is 4.79 Å². The lowest BCUT2D eigenvalue weighted by Crippen LogP contribution is -2.27. The van der Waals surface area contributed by atoms with E-state index in [4.69, 9.17) is 4.74 Å². The number of esters is 1. The molecule has 0 bridgehead atoms. The summed E-state index contributed by atoms with van der Waals surface area (Å²) in [5, 5.41) is 0. The van der Waals surface area contributed by atoms with Crippen molar-refractivity contribution in [1.29, 1.82) is 0 Å². The fourth-order valence-electron chi connectivity index (χ4n) is 3.56. The van der Waals surface area contributed by atoms with E-state index < -0.39 is 0 Å². The maximum absolute atomic E-state index is 12.2. The normalized spacial score (nSPS) is 17.6. The van der Waals surface area contributed by atoms with E-state index in [2.05, 4.69) is 4.90 Å². The van der Waals surface area contributed by atoms with Crippen molar-refractivity contribution in [2.75, 3.05) is 20.2 Å². The molecule has 25 heavy (non-hydrogen) atoms. The second kappa shape index (κ2) is 7.66. The quantitative estimate of drug-likeness (QED) is 0.784. The standard InChI is InChI=1S/C20H24N2O3/c1-21-10-5-7-17(19(21)23)14-22-11-9-15(13-22)12-16-6-3-4-8-18(16)20(24)25-2/h3-8,10,15H,9,11-14H2,1-2H3. The predicted octanol–water partition coefficient (Wildman–Crippen LogP) is 2.24. The summed E-state index contributed by atoms with van der Waals surface area (Å²) in [6, 6.07) is 11.5. The van der Waals surface area contributed by atoms with Crippen LogP contribution >= 0.6 is 0 Å². The molecule has 1 fully saturated rings. The summed E-state index contributed by atoms with van der Waals surface area (Å²) >= 11 is 0. The molecular weight excluding hydrogens is 316 g/mol. The number of aromatic nitrogens is 1. The Morgan fingerprint density at radius 2 is 1.96 bits per heavy atom. The Labute approximate surface area is 147 Å². The Morgan fingerprint density at radius 3 is 2.76 bits per heavy atom. The minimum absolute atomic E-state index is 0.0713. The third-order valence-electron chi connectivity index (χ3n) is 4.90. The average Bonchev–Trinajstić information content (AvgIpc) is 3.06. The molecule has 1 saturated heterocycles. The molecule has 132 valence electrons. The van der Waals surface area contributed by atoms with Gasteiger partial charge in [0.1, 0.15) is 0 Å². The number of ether oxygens (including phenoxy) is 1. The molecular formula is C20H24N2O3. The zero-order valence-corrected chi connectivity index (χ0v) is 14.8. The van der Waals surface area contributed by atoms with Crippen LogP contribution in [-0.4, -0.2) is 35.6 Å². The molecule has 0 aliphatic carbocycles. The van der Waals surface area contributed by atoms with Gasteiger partial charge in [-0.05, 0) is 43.0 Å². The highest BCUT2D eigenvalue weighted by Crippen LogP contribution is 2.24. The van der Waals surface area contributed by atoms with Gasteiger partial charge in [-0.1, -0.05) is 24.3 Å². The summed E-state index contributed by atoms with van der Waals surface area (Å²) < 4.78 is 6.50. The van der Waals surface area contributed by atoms with E-state index in [0.29, 0.717) is 18.0 Å². The van der Waals surface area contributed by atoms with Gasteiger partial charge in [0.2, 0.25) is 0 Å². The van der Waals surface area contributed by atoms with E-state index in [0.717, 1.165) is 37.1 Å². The zero-order chi connectivity index (χ0) is 17.8. The minimum Gasteiger partial charge on any atom is -0.465 e. The number of pyridine rings is 1. The fourth-order valence-corrected chi connectivity index (χ4v) is 3.56. The van der Waals surface area contributed by atoms with Crippen molar-refractivity contribution in [3.63, 3.8) is 0 Å². The van der Waals surface area contributed by atoms with E-state index in [9.17, 15) is 9.59 Å². The van der Waals surface area contributed by atoms with Crippen molar-refractivity contribution in [3.8, 4) is 0 Å². The SMILES string of the molecule is COC(=O)c1ccccc1CC1CCN(Cc2cccn(C)c2=O)C1. The Morgan fingerprint density at radius 1 is 1.20 bits per heavy atom. The van der Waals surface area contributed by atoms with Crippen LogP contribution in [0.15, 0.2) is 47.4 Å². The summed E-state index contributed by atoms with van der Waals surface area (Å²) in [5.74, 6) is 0.205. The summed E-state index contributed by atoms with van der Waals surface area (Å²) in [6.45, 7) is 2.60. The van der Waals surface area contributed by atoms with Crippen LogP contribution in [-0.2, 0) is 24.8 Å². The second-order valence-electron chi connectivity index (χ2n) is 6.69. The molecule has 0 N–H and O–H groups in total. The molecule has 0 amide bonds. The van der Waals surface area contributed by atoms with Crippen molar-refractivity contribution in [1.82, 2.24) is 9.47 Å². The van der Waals surface area contributed by atoms with Crippen molar-refractivity contribution in [2.45, 2.75) is 19.4 Å². The lowest BCUT2D eigenvalue weighted by Gasteiger charge is -2.17. The second-order valence-corrected chi connectivity index (χ2v) is 6.69. The van der Waals surface area contributed by atoms with E-state index in [1.807, 2.05) is 36.4 Å². The maximum Gasteiger partial charge on any atom is 0.338 e. The van der Waals surface area contributed by atoms with Crippen molar-refractivity contribution in [2.24, 2.45) is 13.0 Å². The number of rotatable bonds is 5. The van der Waals surface area contributed by atoms with Gasteiger partial charge < -0.3 is 9.30 Å². The molecule has 2 heterocycles. The number of carbonyl (C=O) groups excluding carboxylic acids is 1. The fraction of sp³-hybridized carbons (Fsp3) is 0.400. The minimum atomic E-state index is -0.279. The molecule has 1 unspecified atom stereocenters. The van der Waals surface area contributed by atoms with Gasteiger partial charge in [0, 0.05) is 31.9 Å². The highest BCUT2D eigenvalue weighted by Gasteiger charge is 2.25. The lowest BCUT2D eigenvalue weighted by atomic mass is 9.95. The molecule has 0 saturated carbocycles. The van der Waals surface area contributed by atoms with Crippen LogP contribution in [0.5, 0.6) is 0 Å². The number of likely N-dealkylation sites (tertiary alicyclic amines) is 1. The van der Waals surface area contributed by atoms with Crippen molar-refractivity contribution >= 4 is 5.97 Å². The van der Waals surface area contributed by atoms with Crippen LogP contribution in [0, 0.1) is 5.92 Å². The topological polar surface area (TPSA) is 51.5 Å². The molecule has 3 rings (SSSR count). The highest BCUT2D eigenvalue weighted by molar-refractivity contribution is 5.90. The summed E-state index contributed by atoms with van der Waals surface area (Å²) in [5.41, 5.74) is 2.60. The number of hydrogen-bond donors (Lipinski definition) is 0. The van der Waals surface area contributed by atoms with Crippen molar-refractivity contribution in [3.05, 3.63) is 69.6 Å². The first-order valence-corrected chi connectivity index (χ1v) is 8.61. The van der Waals surface area contributed by atoms with Crippen LogP contribution in [0.2, 0.25) is 0 Å². The summed E-state index contributed by atoms with van der Waals surface area (Å²) in [6.07, 6.45) is 3.71.